The number of fused-ring (bicyclic) bond motifs is 1. The van der Waals surface area contributed by atoms with Crippen LogP contribution in [0.5, 0.6) is 5.88 Å². The van der Waals surface area contributed by atoms with E-state index < -0.39 is 27.5 Å². The molecule has 0 amide bonds. The standard InChI is InChI=1S/C10H5F3N2O5S/c11-10(12,13)21(18,19)20-8-4-14-7-3-5(9(16)17)1-2-6(7)15-8/h1-4H,(H,16,17). The molecule has 0 aliphatic heterocycles. The van der Waals surface area contributed by atoms with E-state index in [0.29, 0.717) is 6.20 Å². The summed E-state index contributed by atoms with van der Waals surface area (Å²) in [6, 6.07) is 3.44. The number of hydrogen-bond acceptors (Lipinski definition) is 6. The van der Waals surface area contributed by atoms with Crippen molar-refractivity contribution in [2.24, 2.45) is 0 Å². The highest BCUT2D eigenvalue weighted by atomic mass is 32.2. The number of alkyl halides is 3. The van der Waals surface area contributed by atoms with E-state index in [2.05, 4.69) is 14.2 Å². The first-order valence-corrected chi connectivity index (χ1v) is 6.52. The number of benzene rings is 1. The Labute approximate surface area is 115 Å². The van der Waals surface area contributed by atoms with Gasteiger partial charge in [-0.1, -0.05) is 0 Å². The quantitative estimate of drug-likeness (QED) is 0.675. The van der Waals surface area contributed by atoms with Gasteiger partial charge in [-0.15, -0.1) is 0 Å². The molecule has 1 aromatic heterocycles. The van der Waals surface area contributed by atoms with E-state index in [1.54, 1.807) is 0 Å². The molecule has 21 heavy (non-hydrogen) atoms. The Morgan fingerprint density at radius 1 is 1.24 bits per heavy atom. The van der Waals surface area contributed by atoms with Gasteiger partial charge in [0.15, 0.2) is 0 Å². The summed E-state index contributed by atoms with van der Waals surface area (Å²) in [5, 5.41) is 8.76. The topological polar surface area (TPSA) is 106 Å². The Hall–Kier alpha value is -2.43. The largest absolute Gasteiger partial charge is 0.534 e. The van der Waals surface area contributed by atoms with Gasteiger partial charge in [0, 0.05) is 0 Å². The van der Waals surface area contributed by atoms with Gasteiger partial charge >= 0.3 is 21.6 Å². The number of carbonyl (C=O) groups is 1. The number of hydrogen-bond donors (Lipinski definition) is 1. The fourth-order valence-electron chi connectivity index (χ4n) is 1.33. The van der Waals surface area contributed by atoms with Crippen molar-refractivity contribution in [2.75, 3.05) is 0 Å². The Morgan fingerprint density at radius 2 is 1.90 bits per heavy atom. The second kappa shape index (κ2) is 4.84. The van der Waals surface area contributed by atoms with Crippen molar-refractivity contribution in [2.45, 2.75) is 5.51 Å². The van der Waals surface area contributed by atoms with Crippen LogP contribution in [0.15, 0.2) is 24.4 Å². The third kappa shape index (κ3) is 3.02. The van der Waals surface area contributed by atoms with Crippen LogP contribution in [0, 0.1) is 0 Å². The first-order valence-electron chi connectivity index (χ1n) is 5.11. The van der Waals surface area contributed by atoms with Crippen molar-refractivity contribution >= 4 is 27.1 Å². The lowest BCUT2D eigenvalue weighted by atomic mass is 10.2. The number of halogens is 3. The molecule has 112 valence electrons. The fraction of sp³-hybridized carbons (Fsp3) is 0.100. The summed E-state index contributed by atoms with van der Waals surface area (Å²) < 4.78 is 61.9. The van der Waals surface area contributed by atoms with E-state index in [1.807, 2.05) is 0 Å². The highest BCUT2D eigenvalue weighted by molar-refractivity contribution is 7.87. The van der Waals surface area contributed by atoms with Crippen LogP contribution in [0.4, 0.5) is 13.2 Å². The van der Waals surface area contributed by atoms with Crippen LogP contribution in [-0.2, 0) is 10.1 Å². The lowest BCUT2D eigenvalue weighted by Crippen LogP contribution is -2.28. The molecule has 0 aliphatic rings. The number of rotatable bonds is 3. The van der Waals surface area contributed by atoms with Gasteiger partial charge in [0.05, 0.1) is 22.8 Å². The molecule has 0 bridgehead atoms. The molecule has 0 atom stereocenters. The van der Waals surface area contributed by atoms with Crippen LogP contribution < -0.4 is 4.18 Å². The molecule has 0 unspecified atom stereocenters. The summed E-state index contributed by atoms with van der Waals surface area (Å²) >= 11 is 0. The fourth-order valence-corrected chi connectivity index (χ4v) is 1.73. The third-order valence-corrected chi connectivity index (χ3v) is 3.20. The molecule has 0 fully saturated rings. The first kappa shape index (κ1) is 15.0. The molecule has 0 spiro atoms. The van der Waals surface area contributed by atoms with E-state index in [-0.39, 0.29) is 16.6 Å². The van der Waals surface area contributed by atoms with E-state index in [9.17, 15) is 26.4 Å². The third-order valence-electron chi connectivity index (χ3n) is 2.25. The maximum atomic E-state index is 12.1. The number of carboxylic acids is 1. The van der Waals surface area contributed by atoms with Gasteiger partial charge in [0.25, 0.3) is 5.88 Å². The van der Waals surface area contributed by atoms with Gasteiger partial charge < -0.3 is 9.29 Å². The predicted molar refractivity (Wildman–Crippen MR) is 62.1 cm³/mol. The number of aromatic carboxylic acids is 1. The van der Waals surface area contributed by atoms with E-state index >= 15 is 0 Å². The van der Waals surface area contributed by atoms with Gasteiger partial charge in [0.2, 0.25) is 0 Å². The van der Waals surface area contributed by atoms with Crippen LogP contribution in [-0.4, -0.2) is 35.0 Å². The molecule has 1 N–H and O–H groups in total. The number of nitrogens with zero attached hydrogens (tertiary/aromatic N) is 2. The van der Waals surface area contributed by atoms with Crippen LogP contribution in [0.3, 0.4) is 0 Å². The summed E-state index contributed by atoms with van der Waals surface area (Å²) in [4.78, 5) is 17.9. The minimum atomic E-state index is -5.84. The molecule has 7 nitrogen and oxygen atoms in total. The summed E-state index contributed by atoms with van der Waals surface area (Å²) in [6.07, 6.45) is 0.650. The lowest BCUT2D eigenvalue weighted by molar-refractivity contribution is -0.0501. The molecular weight excluding hydrogens is 317 g/mol. The summed E-state index contributed by atoms with van der Waals surface area (Å²) in [7, 11) is -5.84. The molecule has 0 radical (unpaired) electrons. The highest BCUT2D eigenvalue weighted by Crippen LogP contribution is 2.26. The maximum Gasteiger partial charge on any atom is 0.534 e. The lowest BCUT2D eigenvalue weighted by Gasteiger charge is -2.08. The van der Waals surface area contributed by atoms with Crippen molar-refractivity contribution in [3.8, 4) is 5.88 Å². The smallest absolute Gasteiger partial charge is 0.478 e. The highest BCUT2D eigenvalue weighted by Gasteiger charge is 2.48. The van der Waals surface area contributed by atoms with E-state index in [1.165, 1.54) is 6.07 Å². The average molecular weight is 322 g/mol. The first-order chi connectivity index (χ1) is 9.60. The molecule has 1 aromatic carbocycles. The number of aromatic nitrogens is 2. The zero-order valence-electron chi connectivity index (χ0n) is 9.83. The molecule has 0 aliphatic carbocycles. The normalized spacial score (nSPS) is 12.3. The van der Waals surface area contributed by atoms with Crippen LogP contribution in [0.2, 0.25) is 0 Å². The molecule has 2 rings (SSSR count). The van der Waals surface area contributed by atoms with Gasteiger partial charge in [-0.2, -0.15) is 21.6 Å². The zero-order valence-corrected chi connectivity index (χ0v) is 10.6. The maximum absolute atomic E-state index is 12.1. The van der Waals surface area contributed by atoms with Crippen molar-refractivity contribution in [3.63, 3.8) is 0 Å². The van der Waals surface area contributed by atoms with Crippen LogP contribution >= 0.6 is 0 Å². The SMILES string of the molecule is O=C(O)c1ccc2nc(OS(=O)(=O)C(F)(F)F)cnc2c1. The predicted octanol–water partition coefficient (Wildman–Crippen LogP) is 1.56. The van der Waals surface area contributed by atoms with Crippen LogP contribution in [0.25, 0.3) is 11.0 Å². The second-order valence-electron chi connectivity index (χ2n) is 3.70. The van der Waals surface area contributed by atoms with Crippen molar-refractivity contribution < 1.29 is 35.7 Å². The Morgan fingerprint density at radius 3 is 2.48 bits per heavy atom. The Kier molecular flexibility index (Phi) is 3.45. The van der Waals surface area contributed by atoms with E-state index in [4.69, 9.17) is 5.11 Å². The minimum Gasteiger partial charge on any atom is -0.478 e. The number of carboxylic acid groups (broad SMARTS) is 1. The Balaban J connectivity index is 2.41. The second-order valence-corrected chi connectivity index (χ2v) is 5.24. The molecule has 0 saturated carbocycles. The molecular formula is C10H5F3N2O5S. The summed E-state index contributed by atoms with van der Waals surface area (Å²) in [6.45, 7) is 0. The summed E-state index contributed by atoms with van der Waals surface area (Å²) in [5.74, 6) is -2.10. The van der Waals surface area contributed by atoms with Gasteiger partial charge in [-0.25, -0.2) is 14.8 Å². The monoisotopic (exact) mass is 322 g/mol. The summed E-state index contributed by atoms with van der Waals surface area (Å²) in [5.41, 5.74) is -5.65. The van der Waals surface area contributed by atoms with Crippen LogP contribution in [0.1, 0.15) is 10.4 Å². The van der Waals surface area contributed by atoms with Gasteiger partial charge in [-0.3, -0.25) is 0 Å². The molecule has 1 heterocycles. The van der Waals surface area contributed by atoms with Crippen molar-refractivity contribution in [1.29, 1.82) is 0 Å². The van der Waals surface area contributed by atoms with E-state index in [0.717, 1.165) is 12.1 Å². The molecule has 0 saturated heterocycles. The minimum absolute atomic E-state index is 0.0186. The van der Waals surface area contributed by atoms with Gasteiger partial charge in [-0.05, 0) is 18.2 Å². The molecule has 11 heteroatoms. The van der Waals surface area contributed by atoms with Crippen molar-refractivity contribution in [3.05, 3.63) is 30.0 Å². The van der Waals surface area contributed by atoms with Crippen molar-refractivity contribution in [1.82, 2.24) is 9.97 Å². The Bertz CT molecular complexity index is 819. The zero-order chi connectivity index (χ0) is 15.8. The molecule has 2 aromatic rings. The van der Waals surface area contributed by atoms with Gasteiger partial charge in [0.1, 0.15) is 0 Å². The average Bonchev–Trinajstić information content (AvgIpc) is 2.36.